The van der Waals surface area contributed by atoms with Crippen LogP contribution in [0.25, 0.3) is 33.3 Å². The fourth-order valence-electron chi connectivity index (χ4n) is 4.07. The second kappa shape index (κ2) is 8.08. The summed E-state index contributed by atoms with van der Waals surface area (Å²) in [5.41, 5.74) is 5.58. The number of pyridine rings is 1. The number of benzene rings is 2. The van der Waals surface area contributed by atoms with Gasteiger partial charge in [-0.1, -0.05) is 55.8 Å². The van der Waals surface area contributed by atoms with Gasteiger partial charge in [-0.15, -0.1) is 0 Å². The number of nitriles is 1. The Kier molecular flexibility index (Phi) is 4.97. The maximum absolute atomic E-state index is 9.55. The van der Waals surface area contributed by atoms with Gasteiger partial charge >= 0.3 is 0 Å². The van der Waals surface area contributed by atoms with E-state index in [0.29, 0.717) is 12.3 Å². The van der Waals surface area contributed by atoms with Crippen molar-refractivity contribution in [3.63, 3.8) is 0 Å². The van der Waals surface area contributed by atoms with Crippen molar-refractivity contribution in [2.75, 3.05) is 0 Å². The van der Waals surface area contributed by atoms with Gasteiger partial charge in [0.1, 0.15) is 23.0 Å². The van der Waals surface area contributed by atoms with Crippen LogP contribution in [0.3, 0.4) is 0 Å². The zero-order valence-corrected chi connectivity index (χ0v) is 17.4. The van der Waals surface area contributed by atoms with E-state index in [2.05, 4.69) is 46.8 Å². The first-order valence-electron chi connectivity index (χ1n) is 10.6. The summed E-state index contributed by atoms with van der Waals surface area (Å²) in [7, 11) is 0. The molecule has 5 heteroatoms. The van der Waals surface area contributed by atoms with Crippen LogP contribution >= 0.6 is 0 Å². The van der Waals surface area contributed by atoms with Crippen LogP contribution in [0.2, 0.25) is 0 Å². The summed E-state index contributed by atoms with van der Waals surface area (Å²) < 4.78 is 7.95. The number of fused-ring (bicyclic) bond motifs is 2. The molecule has 0 amide bonds. The monoisotopic (exact) mass is 406 g/mol. The van der Waals surface area contributed by atoms with Crippen molar-refractivity contribution in [3.05, 3.63) is 84.0 Å². The Morgan fingerprint density at radius 2 is 1.87 bits per heavy atom. The topological polar surface area (TPSA) is 67.6 Å². The maximum atomic E-state index is 9.55. The Bertz CT molecular complexity index is 1400. The molecule has 3 aromatic heterocycles. The van der Waals surface area contributed by atoms with Crippen molar-refractivity contribution in [1.29, 1.82) is 5.26 Å². The molecule has 0 spiro atoms. The lowest BCUT2D eigenvalue weighted by Crippen LogP contribution is -2.06. The molecule has 0 saturated heterocycles. The molecule has 0 aliphatic rings. The number of aryl methyl sites for hydroxylation is 1. The SMILES string of the molecule is CCCCc1nc2cccnc2n1Cc1ccc(-c2c(C#N)oc3ccccc23)cc1. The molecule has 31 heavy (non-hydrogen) atoms. The lowest BCUT2D eigenvalue weighted by molar-refractivity contribution is 0.600. The molecule has 0 N–H and O–H groups in total. The normalized spacial score (nSPS) is 11.2. The fraction of sp³-hybridized carbons (Fsp3) is 0.192. The first kappa shape index (κ1) is 19.1. The summed E-state index contributed by atoms with van der Waals surface area (Å²) in [4.78, 5) is 9.39. The van der Waals surface area contributed by atoms with Crippen molar-refractivity contribution in [2.24, 2.45) is 0 Å². The van der Waals surface area contributed by atoms with Crippen molar-refractivity contribution < 1.29 is 4.42 Å². The number of hydrogen-bond acceptors (Lipinski definition) is 4. The van der Waals surface area contributed by atoms with E-state index in [-0.39, 0.29) is 0 Å². The Morgan fingerprint density at radius 1 is 1.03 bits per heavy atom. The molecule has 0 aliphatic carbocycles. The van der Waals surface area contributed by atoms with E-state index in [4.69, 9.17) is 9.40 Å². The van der Waals surface area contributed by atoms with Crippen LogP contribution < -0.4 is 0 Å². The molecule has 0 atom stereocenters. The smallest absolute Gasteiger partial charge is 0.212 e. The second-order valence-electron chi connectivity index (χ2n) is 7.67. The third kappa shape index (κ3) is 3.47. The minimum absolute atomic E-state index is 0.348. The molecule has 0 bridgehead atoms. The number of hydrogen-bond donors (Lipinski definition) is 0. The number of rotatable bonds is 6. The molecule has 0 aliphatic heterocycles. The first-order valence-corrected chi connectivity index (χ1v) is 10.6. The van der Waals surface area contributed by atoms with Crippen molar-refractivity contribution in [2.45, 2.75) is 32.7 Å². The summed E-state index contributed by atoms with van der Waals surface area (Å²) >= 11 is 0. The summed E-state index contributed by atoms with van der Waals surface area (Å²) in [5, 5.41) is 10.5. The number of furan rings is 1. The molecule has 2 aromatic carbocycles. The molecule has 5 aromatic rings. The van der Waals surface area contributed by atoms with Crippen LogP contribution in [0.5, 0.6) is 0 Å². The van der Waals surface area contributed by atoms with E-state index >= 15 is 0 Å². The molecule has 0 saturated carbocycles. The highest BCUT2D eigenvalue weighted by Gasteiger charge is 2.16. The molecule has 5 rings (SSSR count). The van der Waals surface area contributed by atoms with Crippen LogP contribution in [-0.4, -0.2) is 14.5 Å². The Labute approximate surface area is 180 Å². The highest BCUT2D eigenvalue weighted by Crippen LogP contribution is 2.34. The summed E-state index contributed by atoms with van der Waals surface area (Å²) in [6.45, 7) is 2.91. The van der Waals surface area contributed by atoms with Gasteiger partial charge in [-0.3, -0.25) is 0 Å². The Morgan fingerprint density at radius 3 is 2.68 bits per heavy atom. The summed E-state index contributed by atoms with van der Waals surface area (Å²) in [6.07, 6.45) is 5.00. The first-order chi connectivity index (χ1) is 15.3. The molecule has 5 nitrogen and oxygen atoms in total. The van der Waals surface area contributed by atoms with Gasteiger partial charge in [0.2, 0.25) is 5.76 Å². The molecule has 152 valence electrons. The van der Waals surface area contributed by atoms with Crippen LogP contribution in [0.4, 0.5) is 0 Å². The van der Waals surface area contributed by atoms with Gasteiger partial charge in [-0.25, -0.2) is 9.97 Å². The van der Waals surface area contributed by atoms with Gasteiger partial charge in [0, 0.05) is 23.6 Å². The largest absolute Gasteiger partial charge is 0.445 e. The molecular weight excluding hydrogens is 384 g/mol. The lowest BCUT2D eigenvalue weighted by atomic mass is 10.0. The zero-order valence-electron chi connectivity index (χ0n) is 17.4. The number of aromatic nitrogens is 3. The van der Waals surface area contributed by atoms with Gasteiger partial charge in [-0.2, -0.15) is 5.26 Å². The average molecular weight is 406 g/mol. The Hall–Kier alpha value is -3.91. The van der Waals surface area contributed by atoms with Gasteiger partial charge in [0.05, 0.1) is 6.54 Å². The molecule has 3 heterocycles. The summed E-state index contributed by atoms with van der Waals surface area (Å²) in [5.74, 6) is 1.42. The third-order valence-electron chi connectivity index (χ3n) is 5.62. The standard InChI is InChI=1S/C26H22N4O/c1-2-3-10-24-29-21-8-6-15-28-26(21)30(24)17-18-11-13-19(14-12-18)25-20-7-4-5-9-22(20)31-23(25)16-27/h4-9,11-15H,2-3,10,17H2,1H3. The predicted octanol–water partition coefficient (Wildman–Crippen LogP) is 6.11. The minimum Gasteiger partial charge on any atom is -0.445 e. The van der Waals surface area contributed by atoms with E-state index in [9.17, 15) is 5.26 Å². The summed E-state index contributed by atoms with van der Waals surface area (Å²) in [6, 6.07) is 22.2. The fourth-order valence-corrected chi connectivity index (χ4v) is 4.07. The van der Waals surface area contributed by atoms with E-state index < -0.39 is 0 Å². The average Bonchev–Trinajstić information content (AvgIpc) is 3.36. The second-order valence-corrected chi connectivity index (χ2v) is 7.67. The quantitative estimate of drug-likeness (QED) is 0.341. The number of imidazole rings is 1. The third-order valence-corrected chi connectivity index (χ3v) is 5.62. The molecule has 0 fully saturated rings. The highest BCUT2D eigenvalue weighted by atomic mass is 16.3. The maximum Gasteiger partial charge on any atom is 0.212 e. The van der Waals surface area contributed by atoms with Crippen LogP contribution in [0.15, 0.2) is 71.3 Å². The van der Waals surface area contributed by atoms with E-state index in [1.54, 1.807) is 0 Å². The van der Waals surface area contributed by atoms with Crippen molar-refractivity contribution in [1.82, 2.24) is 14.5 Å². The molecule has 0 unspecified atom stereocenters. The molecule has 0 radical (unpaired) electrons. The van der Waals surface area contributed by atoms with Crippen molar-refractivity contribution in [3.8, 4) is 17.2 Å². The minimum atomic E-state index is 0.348. The van der Waals surface area contributed by atoms with Crippen LogP contribution in [-0.2, 0) is 13.0 Å². The number of para-hydroxylation sites is 1. The van der Waals surface area contributed by atoms with Gasteiger partial charge in [0.15, 0.2) is 5.65 Å². The highest BCUT2D eigenvalue weighted by molar-refractivity contribution is 5.96. The zero-order chi connectivity index (χ0) is 21.2. The van der Waals surface area contributed by atoms with Gasteiger partial charge in [0.25, 0.3) is 0 Å². The van der Waals surface area contributed by atoms with Gasteiger partial charge in [-0.05, 0) is 35.7 Å². The van der Waals surface area contributed by atoms with Gasteiger partial charge < -0.3 is 8.98 Å². The van der Waals surface area contributed by atoms with Crippen LogP contribution in [0, 0.1) is 11.3 Å². The van der Waals surface area contributed by atoms with E-state index in [1.165, 1.54) is 0 Å². The van der Waals surface area contributed by atoms with E-state index in [0.717, 1.165) is 63.9 Å². The number of unbranched alkanes of at least 4 members (excludes halogenated alkanes) is 1. The van der Waals surface area contributed by atoms with E-state index in [1.807, 2.05) is 42.6 Å². The lowest BCUT2D eigenvalue weighted by Gasteiger charge is -2.09. The predicted molar refractivity (Wildman–Crippen MR) is 122 cm³/mol. The van der Waals surface area contributed by atoms with Crippen molar-refractivity contribution >= 4 is 22.1 Å². The number of nitrogens with zero attached hydrogens (tertiary/aromatic N) is 4. The Balaban J connectivity index is 1.51. The van der Waals surface area contributed by atoms with Crippen LogP contribution in [0.1, 0.15) is 36.9 Å². The molecular formula is C26H22N4O.